The van der Waals surface area contributed by atoms with Crippen molar-refractivity contribution in [1.82, 2.24) is 0 Å². The minimum atomic E-state index is -0.787. The summed E-state index contributed by atoms with van der Waals surface area (Å²) in [5.74, 6) is -2.63. The first-order valence-electron chi connectivity index (χ1n) is 9.19. The molecule has 0 aromatic rings. The van der Waals surface area contributed by atoms with Gasteiger partial charge < -0.3 is 28.4 Å². The van der Waals surface area contributed by atoms with Crippen molar-refractivity contribution in [1.29, 1.82) is 0 Å². The van der Waals surface area contributed by atoms with E-state index < -0.39 is 41.5 Å². The van der Waals surface area contributed by atoms with E-state index in [2.05, 4.69) is 0 Å². The van der Waals surface area contributed by atoms with E-state index in [1.165, 1.54) is 0 Å². The molecule has 0 unspecified atom stereocenters. The fourth-order valence-electron chi connectivity index (χ4n) is 1.70. The molecule has 0 aliphatic carbocycles. The Labute approximate surface area is 171 Å². The highest BCUT2D eigenvalue weighted by Gasteiger charge is 2.17. The third kappa shape index (κ3) is 18.9. The molecule has 10 heteroatoms. The SMILES string of the molecule is CC(C)(C)OC(=O)COCCOC(=O)CC(=O)OCCOCC(=O)OC(C)(C)C. The molecule has 10 nitrogen and oxygen atoms in total. The molecule has 168 valence electrons. The molecule has 0 radical (unpaired) electrons. The van der Waals surface area contributed by atoms with Crippen LogP contribution >= 0.6 is 0 Å². The Hall–Kier alpha value is -2.20. The van der Waals surface area contributed by atoms with Crippen LogP contribution < -0.4 is 0 Å². The summed E-state index contributed by atoms with van der Waals surface area (Å²) in [6.07, 6.45) is -0.571. The van der Waals surface area contributed by atoms with Gasteiger partial charge in [-0.25, -0.2) is 9.59 Å². The highest BCUT2D eigenvalue weighted by atomic mass is 16.6. The molecule has 0 saturated heterocycles. The van der Waals surface area contributed by atoms with Crippen LogP contribution in [0.2, 0.25) is 0 Å². The van der Waals surface area contributed by atoms with Crippen molar-refractivity contribution < 1.29 is 47.6 Å². The number of carbonyl (C=O) groups is 4. The van der Waals surface area contributed by atoms with Gasteiger partial charge in [-0.1, -0.05) is 0 Å². The van der Waals surface area contributed by atoms with Crippen LogP contribution in [0.15, 0.2) is 0 Å². The van der Waals surface area contributed by atoms with Crippen LogP contribution in [-0.2, 0) is 47.6 Å². The molecule has 0 aliphatic heterocycles. The number of hydrogen-bond donors (Lipinski definition) is 0. The Morgan fingerprint density at radius 3 is 1.21 bits per heavy atom. The predicted octanol–water partition coefficient (Wildman–Crippen LogP) is 1.18. The summed E-state index contributed by atoms with van der Waals surface area (Å²) in [4.78, 5) is 45.8. The van der Waals surface area contributed by atoms with Gasteiger partial charge in [0.25, 0.3) is 0 Å². The third-order valence-corrected chi connectivity index (χ3v) is 2.55. The van der Waals surface area contributed by atoms with E-state index in [9.17, 15) is 19.2 Å². The number of esters is 4. The summed E-state index contributed by atoms with van der Waals surface area (Å²) < 4.78 is 29.7. The lowest BCUT2D eigenvalue weighted by Crippen LogP contribution is -2.27. The lowest BCUT2D eigenvalue weighted by Gasteiger charge is -2.19. The van der Waals surface area contributed by atoms with Gasteiger partial charge in [-0.3, -0.25) is 9.59 Å². The molecule has 0 amide bonds. The van der Waals surface area contributed by atoms with Gasteiger partial charge in [0, 0.05) is 0 Å². The van der Waals surface area contributed by atoms with Crippen LogP contribution in [-0.4, -0.2) is 74.7 Å². The Bertz CT molecular complexity index is 494. The minimum absolute atomic E-state index is 0.0153. The maximum atomic E-state index is 11.5. The van der Waals surface area contributed by atoms with E-state index in [-0.39, 0.29) is 39.6 Å². The van der Waals surface area contributed by atoms with Crippen LogP contribution in [0.4, 0.5) is 0 Å². The summed E-state index contributed by atoms with van der Waals surface area (Å²) in [6, 6.07) is 0. The van der Waals surface area contributed by atoms with E-state index in [0.29, 0.717) is 0 Å². The lowest BCUT2D eigenvalue weighted by molar-refractivity contribution is -0.161. The zero-order valence-electron chi connectivity index (χ0n) is 18.0. The number of ether oxygens (including phenoxy) is 6. The summed E-state index contributed by atoms with van der Waals surface area (Å²) >= 11 is 0. The van der Waals surface area contributed by atoms with Crippen LogP contribution in [0, 0.1) is 0 Å². The van der Waals surface area contributed by atoms with E-state index >= 15 is 0 Å². The summed E-state index contributed by atoms with van der Waals surface area (Å²) in [7, 11) is 0. The molecule has 0 aromatic heterocycles. The zero-order valence-corrected chi connectivity index (χ0v) is 18.0. The summed E-state index contributed by atoms with van der Waals surface area (Å²) in [5.41, 5.74) is -1.21. The van der Waals surface area contributed by atoms with Crippen LogP contribution in [0.25, 0.3) is 0 Å². The van der Waals surface area contributed by atoms with Crippen LogP contribution in [0.5, 0.6) is 0 Å². The maximum absolute atomic E-state index is 11.5. The van der Waals surface area contributed by atoms with E-state index in [1.807, 2.05) is 0 Å². The molecule has 0 atom stereocenters. The molecule has 0 saturated carbocycles. The average molecular weight is 420 g/mol. The van der Waals surface area contributed by atoms with Crippen molar-refractivity contribution in [3.63, 3.8) is 0 Å². The molecule has 0 fully saturated rings. The second-order valence-electron chi connectivity index (χ2n) is 7.90. The molecular formula is C19H32O10. The highest BCUT2D eigenvalue weighted by molar-refractivity contribution is 5.91. The van der Waals surface area contributed by atoms with Crippen molar-refractivity contribution in [2.45, 2.75) is 59.2 Å². The Kier molecular flexibility index (Phi) is 12.1. The molecular weight excluding hydrogens is 388 g/mol. The van der Waals surface area contributed by atoms with Crippen LogP contribution in [0.1, 0.15) is 48.0 Å². The number of rotatable bonds is 12. The molecule has 0 bridgehead atoms. The fraction of sp³-hybridized carbons (Fsp3) is 0.789. The first kappa shape index (κ1) is 26.8. The second kappa shape index (κ2) is 13.1. The largest absolute Gasteiger partial charge is 0.463 e. The van der Waals surface area contributed by atoms with Gasteiger partial charge in [-0.15, -0.1) is 0 Å². The van der Waals surface area contributed by atoms with Gasteiger partial charge in [0.1, 0.15) is 44.1 Å². The number of hydrogen-bond acceptors (Lipinski definition) is 10. The molecule has 0 heterocycles. The normalized spacial score (nSPS) is 11.5. The lowest BCUT2D eigenvalue weighted by atomic mass is 10.2. The molecule has 0 aromatic carbocycles. The molecule has 0 aliphatic rings. The van der Waals surface area contributed by atoms with Gasteiger partial charge in [0.05, 0.1) is 13.2 Å². The van der Waals surface area contributed by atoms with Gasteiger partial charge in [-0.2, -0.15) is 0 Å². The van der Waals surface area contributed by atoms with E-state index in [1.54, 1.807) is 41.5 Å². The Balaban J connectivity index is 3.69. The highest BCUT2D eigenvalue weighted by Crippen LogP contribution is 2.07. The Morgan fingerprint density at radius 2 is 0.897 bits per heavy atom. The first-order valence-corrected chi connectivity index (χ1v) is 9.19. The first-order chi connectivity index (χ1) is 13.3. The molecule has 0 rings (SSSR count). The van der Waals surface area contributed by atoms with Crippen molar-refractivity contribution in [3.05, 3.63) is 0 Å². The quantitative estimate of drug-likeness (QED) is 0.197. The standard InChI is InChI=1S/C19H32O10/c1-18(2,3)28-16(22)12-24-7-9-26-14(20)11-15(21)27-10-8-25-13-17(23)29-19(4,5)6/h7-13H2,1-6H3. The van der Waals surface area contributed by atoms with Gasteiger partial charge >= 0.3 is 23.9 Å². The van der Waals surface area contributed by atoms with Crippen molar-refractivity contribution >= 4 is 23.9 Å². The molecule has 0 spiro atoms. The summed E-state index contributed by atoms with van der Waals surface area (Å²) in [5, 5.41) is 0. The van der Waals surface area contributed by atoms with Gasteiger partial charge in [0.15, 0.2) is 0 Å². The predicted molar refractivity (Wildman–Crippen MR) is 99.9 cm³/mol. The third-order valence-electron chi connectivity index (χ3n) is 2.55. The van der Waals surface area contributed by atoms with E-state index in [4.69, 9.17) is 28.4 Å². The van der Waals surface area contributed by atoms with Crippen LogP contribution in [0.3, 0.4) is 0 Å². The topological polar surface area (TPSA) is 124 Å². The fourth-order valence-corrected chi connectivity index (χ4v) is 1.70. The van der Waals surface area contributed by atoms with Gasteiger partial charge in [0.2, 0.25) is 0 Å². The average Bonchev–Trinajstić information content (AvgIpc) is 2.50. The minimum Gasteiger partial charge on any atom is -0.463 e. The van der Waals surface area contributed by atoms with Crippen molar-refractivity contribution in [2.24, 2.45) is 0 Å². The maximum Gasteiger partial charge on any atom is 0.332 e. The molecule has 29 heavy (non-hydrogen) atoms. The van der Waals surface area contributed by atoms with Gasteiger partial charge in [-0.05, 0) is 41.5 Å². The zero-order chi connectivity index (χ0) is 22.5. The Morgan fingerprint density at radius 1 is 0.552 bits per heavy atom. The van der Waals surface area contributed by atoms with E-state index in [0.717, 1.165) is 0 Å². The number of carbonyl (C=O) groups excluding carboxylic acids is 4. The molecule has 0 N–H and O–H groups in total. The smallest absolute Gasteiger partial charge is 0.332 e. The van der Waals surface area contributed by atoms with Crippen molar-refractivity contribution in [2.75, 3.05) is 39.6 Å². The second-order valence-corrected chi connectivity index (χ2v) is 7.90. The summed E-state index contributed by atoms with van der Waals surface area (Å²) in [6.45, 7) is 9.62. The monoisotopic (exact) mass is 420 g/mol. The van der Waals surface area contributed by atoms with Crippen molar-refractivity contribution in [3.8, 4) is 0 Å².